The highest BCUT2D eigenvalue weighted by Gasteiger charge is 2.24. The molecule has 106 valence electrons. The van der Waals surface area contributed by atoms with E-state index in [-0.39, 0.29) is 12.0 Å². The van der Waals surface area contributed by atoms with Crippen LogP contribution in [0.3, 0.4) is 0 Å². The van der Waals surface area contributed by atoms with Crippen molar-refractivity contribution in [3.8, 4) is 0 Å². The molecule has 0 bridgehead atoms. The first-order valence-electron chi connectivity index (χ1n) is 6.82. The summed E-state index contributed by atoms with van der Waals surface area (Å²) >= 11 is 0. The number of fused-ring (bicyclic) bond motifs is 1. The van der Waals surface area contributed by atoms with Gasteiger partial charge in [-0.2, -0.15) is 0 Å². The second kappa shape index (κ2) is 5.58. The van der Waals surface area contributed by atoms with Gasteiger partial charge in [-0.15, -0.1) is 0 Å². The van der Waals surface area contributed by atoms with Crippen molar-refractivity contribution >= 4 is 16.9 Å². The van der Waals surface area contributed by atoms with E-state index >= 15 is 0 Å². The fourth-order valence-corrected chi connectivity index (χ4v) is 2.46. The average molecular weight is 275 g/mol. The van der Waals surface area contributed by atoms with Crippen LogP contribution in [0.25, 0.3) is 11.0 Å². The fraction of sp³-hybridized carbons (Fsp3) is 0.500. The first-order chi connectivity index (χ1) is 9.74. The van der Waals surface area contributed by atoms with Crippen LogP contribution in [-0.4, -0.2) is 40.9 Å². The molecule has 1 aliphatic heterocycles. The number of hydrogen-bond acceptors (Lipinski definition) is 5. The minimum absolute atomic E-state index is 0.0445. The summed E-state index contributed by atoms with van der Waals surface area (Å²) in [6.45, 7) is 1.21. The molecule has 1 atom stereocenters. The van der Waals surface area contributed by atoms with E-state index < -0.39 is 0 Å². The highest BCUT2D eigenvalue weighted by Crippen LogP contribution is 2.17. The molecule has 0 N–H and O–H groups in total. The van der Waals surface area contributed by atoms with E-state index in [1.165, 1.54) is 0 Å². The molecule has 2 heterocycles. The van der Waals surface area contributed by atoms with E-state index in [0.29, 0.717) is 18.7 Å². The number of likely N-dealkylation sites (N-methyl/N-ethyl adjacent to an activating group) is 1. The predicted molar refractivity (Wildman–Crippen MR) is 71.9 cm³/mol. The zero-order valence-electron chi connectivity index (χ0n) is 11.4. The van der Waals surface area contributed by atoms with Gasteiger partial charge < -0.3 is 9.64 Å². The Bertz CT molecular complexity index is 604. The molecule has 0 saturated carbocycles. The van der Waals surface area contributed by atoms with Crippen molar-refractivity contribution in [3.05, 3.63) is 23.8 Å². The lowest BCUT2D eigenvalue weighted by Gasteiger charge is -2.26. The Kier molecular flexibility index (Phi) is 3.64. The summed E-state index contributed by atoms with van der Waals surface area (Å²) in [6, 6.07) is 5.66. The van der Waals surface area contributed by atoms with Crippen LogP contribution in [0.1, 0.15) is 24.8 Å². The van der Waals surface area contributed by atoms with E-state index in [4.69, 9.17) is 4.74 Å². The van der Waals surface area contributed by atoms with Crippen molar-refractivity contribution in [2.75, 3.05) is 13.7 Å². The fourth-order valence-electron chi connectivity index (χ4n) is 2.46. The van der Waals surface area contributed by atoms with Crippen molar-refractivity contribution in [2.24, 2.45) is 0 Å². The Labute approximate surface area is 116 Å². The number of amides is 1. The maximum absolute atomic E-state index is 12.3. The third kappa shape index (κ3) is 2.65. The highest BCUT2D eigenvalue weighted by molar-refractivity contribution is 5.81. The molecule has 0 radical (unpaired) electrons. The largest absolute Gasteiger partial charge is 0.368 e. The monoisotopic (exact) mass is 275 g/mol. The molecule has 6 heteroatoms. The quantitative estimate of drug-likeness (QED) is 0.853. The molecule has 1 aliphatic rings. The lowest BCUT2D eigenvalue weighted by Crippen LogP contribution is -2.39. The molecule has 20 heavy (non-hydrogen) atoms. The Hall–Kier alpha value is -1.95. The average Bonchev–Trinajstić information content (AvgIpc) is 2.95. The number of aromatic nitrogens is 2. The van der Waals surface area contributed by atoms with Crippen molar-refractivity contribution in [3.63, 3.8) is 0 Å². The van der Waals surface area contributed by atoms with Crippen LogP contribution in [0, 0.1) is 0 Å². The molecule has 6 nitrogen and oxygen atoms in total. The minimum Gasteiger partial charge on any atom is -0.368 e. The maximum Gasteiger partial charge on any atom is 0.251 e. The van der Waals surface area contributed by atoms with Gasteiger partial charge in [-0.05, 0) is 47.3 Å². The van der Waals surface area contributed by atoms with Gasteiger partial charge >= 0.3 is 0 Å². The Morgan fingerprint density at radius 1 is 1.35 bits per heavy atom. The number of hydrogen-bond donors (Lipinski definition) is 0. The summed E-state index contributed by atoms with van der Waals surface area (Å²) < 4.78 is 10.2. The summed E-state index contributed by atoms with van der Waals surface area (Å²) in [5.41, 5.74) is 2.43. The molecule has 2 aromatic rings. The van der Waals surface area contributed by atoms with Crippen LogP contribution in [0.5, 0.6) is 0 Å². The number of ether oxygens (including phenoxy) is 1. The topological polar surface area (TPSA) is 68.5 Å². The smallest absolute Gasteiger partial charge is 0.251 e. The summed E-state index contributed by atoms with van der Waals surface area (Å²) in [5.74, 6) is 0.0445. The molecule has 1 fully saturated rings. The highest BCUT2D eigenvalue weighted by atomic mass is 16.6. The van der Waals surface area contributed by atoms with Gasteiger partial charge in [0.05, 0.1) is 0 Å². The minimum atomic E-state index is -0.286. The van der Waals surface area contributed by atoms with E-state index in [9.17, 15) is 4.79 Å². The van der Waals surface area contributed by atoms with Crippen molar-refractivity contribution < 1.29 is 14.2 Å². The normalized spacial score (nSPS) is 19.1. The molecule has 1 aromatic carbocycles. The number of rotatable bonds is 3. The van der Waals surface area contributed by atoms with Gasteiger partial charge in [0.1, 0.15) is 17.1 Å². The van der Waals surface area contributed by atoms with Gasteiger partial charge in [-0.1, -0.05) is 6.07 Å². The lowest BCUT2D eigenvalue weighted by molar-refractivity contribution is -0.145. The first-order valence-corrected chi connectivity index (χ1v) is 6.82. The second-order valence-corrected chi connectivity index (χ2v) is 5.14. The SMILES string of the molecule is CN(Cc1ccc2nonc2c1)C(=O)[C@H]1CCCCO1. The molecule has 1 aromatic heterocycles. The summed E-state index contributed by atoms with van der Waals surface area (Å²) in [4.78, 5) is 14.0. The molecular weight excluding hydrogens is 258 g/mol. The molecule has 1 saturated heterocycles. The maximum atomic E-state index is 12.3. The lowest BCUT2D eigenvalue weighted by atomic mass is 10.1. The predicted octanol–water partition coefficient (Wildman–Crippen LogP) is 1.75. The molecule has 0 spiro atoms. The van der Waals surface area contributed by atoms with Crippen LogP contribution in [0.15, 0.2) is 22.8 Å². The number of nitrogens with zero attached hydrogens (tertiary/aromatic N) is 3. The molecule has 0 aliphatic carbocycles. The molecule has 0 unspecified atom stereocenters. The van der Waals surface area contributed by atoms with Crippen LogP contribution >= 0.6 is 0 Å². The van der Waals surface area contributed by atoms with Crippen LogP contribution in [0.4, 0.5) is 0 Å². The van der Waals surface area contributed by atoms with Crippen molar-refractivity contribution in [1.29, 1.82) is 0 Å². The van der Waals surface area contributed by atoms with Crippen LogP contribution in [0.2, 0.25) is 0 Å². The number of carbonyl (C=O) groups is 1. The van der Waals surface area contributed by atoms with Crippen molar-refractivity contribution in [1.82, 2.24) is 15.2 Å². The van der Waals surface area contributed by atoms with E-state index in [1.807, 2.05) is 18.2 Å². The summed E-state index contributed by atoms with van der Waals surface area (Å²) in [6.07, 6.45) is 2.63. The zero-order chi connectivity index (χ0) is 13.9. The van der Waals surface area contributed by atoms with Gasteiger partial charge in [-0.3, -0.25) is 4.79 Å². The Morgan fingerprint density at radius 3 is 3.00 bits per heavy atom. The van der Waals surface area contributed by atoms with Gasteiger partial charge in [0.25, 0.3) is 5.91 Å². The first kappa shape index (κ1) is 13.1. The third-order valence-corrected chi connectivity index (χ3v) is 3.57. The van der Waals surface area contributed by atoms with Crippen LogP contribution in [-0.2, 0) is 16.1 Å². The van der Waals surface area contributed by atoms with E-state index in [0.717, 1.165) is 30.3 Å². The van der Waals surface area contributed by atoms with Crippen molar-refractivity contribution in [2.45, 2.75) is 31.9 Å². The second-order valence-electron chi connectivity index (χ2n) is 5.14. The summed E-state index contributed by atoms with van der Waals surface area (Å²) in [7, 11) is 1.80. The van der Waals surface area contributed by atoms with Crippen LogP contribution < -0.4 is 0 Å². The Morgan fingerprint density at radius 2 is 2.20 bits per heavy atom. The van der Waals surface area contributed by atoms with E-state index in [2.05, 4.69) is 14.9 Å². The standard InChI is InChI=1S/C14H17N3O3/c1-17(14(18)13-4-2-3-7-19-13)9-10-5-6-11-12(8-10)16-20-15-11/h5-6,8,13H,2-4,7,9H2,1H3/t13-/m1/s1. The number of benzene rings is 1. The van der Waals surface area contributed by atoms with Gasteiger partial charge in [0, 0.05) is 20.2 Å². The van der Waals surface area contributed by atoms with E-state index in [1.54, 1.807) is 11.9 Å². The summed E-state index contributed by atoms with van der Waals surface area (Å²) in [5, 5.41) is 7.57. The van der Waals surface area contributed by atoms with Gasteiger partial charge in [0.15, 0.2) is 0 Å². The molecule has 3 rings (SSSR count). The number of carbonyl (C=O) groups excluding carboxylic acids is 1. The molecular formula is C14H17N3O3. The molecule has 1 amide bonds. The van der Waals surface area contributed by atoms with Gasteiger partial charge in [0.2, 0.25) is 0 Å². The zero-order valence-corrected chi connectivity index (χ0v) is 11.4. The third-order valence-electron chi connectivity index (χ3n) is 3.57. The Balaban J connectivity index is 1.67. The van der Waals surface area contributed by atoms with Gasteiger partial charge in [-0.25, -0.2) is 4.63 Å².